The summed E-state index contributed by atoms with van der Waals surface area (Å²) in [5.74, 6) is 1.07. The van der Waals surface area contributed by atoms with Crippen LogP contribution in [0.4, 0.5) is 5.82 Å². The van der Waals surface area contributed by atoms with Crippen LogP contribution in [0.1, 0.15) is 48.7 Å². The Morgan fingerprint density at radius 1 is 1.07 bits per heavy atom. The van der Waals surface area contributed by atoms with E-state index < -0.39 is 0 Å². The third-order valence-electron chi connectivity index (χ3n) is 6.34. The molecule has 1 saturated heterocycles. The van der Waals surface area contributed by atoms with Gasteiger partial charge in [-0.3, -0.25) is 9.88 Å². The Hall–Kier alpha value is -2.05. The fourth-order valence-corrected chi connectivity index (χ4v) is 4.64. The molecule has 4 rings (SSSR count). The lowest BCUT2D eigenvalue weighted by Crippen LogP contribution is -2.42. The van der Waals surface area contributed by atoms with Crippen molar-refractivity contribution in [2.75, 3.05) is 39.1 Å². The lowest BCUT2D eigenvalue weighted by molar-refractivity contribution is 0.206. The zero-order valence-corrected chi connectivity index (χ0v) is 17.4. The molecule has 28 heavy (non-hydrogen) atoms. The highest BCUT2D eigenvalue weighted by Gasteiger charge is 2.26. The average molecular weight is 381 g/mol. The standard InChI is InChI=1S/C22H32N6/c1-26(2)19-9-12-28(13-10-19)21-14-18(24-16-25-21)15-27(3)20-8-4-6-17-7-5-11-23-22(17)20/h5,7,11,14,16,19-20H,4,6,8-10,12-13,15H2,1-3H3. The van der Waals surface area contributed by atoms with Crippen molar-refractivity contribution in [1.82, 2.24) is 24.8 Å². The van der Waals surface area contributed by atoms with E-state index in [9.17, 15) is 0 Å². The smallest absolute Gasteiger partial charge is 0.132 e. The molecule has 0 aromatic carbocycles. The maximum absolute atomic E-state index is 4.69. The van der Waals surface area contributed by atoms with Crippen LogP contribution in [-0.4, -0.2) is 65.0 Å². The van der Waals surface area contributed by atoms with Gasteiger partial charge in [0.15, 0.2) is 0 Å². The predicted octanol–water partition coefficient (Wildman–Crippen LogP) is 2.91. The molecule has 1 fully saturated rings. The lowest BCUT2D eigenvalue weighted by Gasteiger charge is -2.36. The first-order valence-electron chi connectivity index (χ1n) is 10.5. The Balaban J connectivity index is 1.43. The van der Waals surface area contributed by atoms with E-state index >= 15 is 0 Å². The Kier molecular flexibility index (Phi) is 5.87. The molecule has 2 aromatic heterocycles. The maximum atomic E-state index is 4.69. The van der Waals surface area contributed by atoms with E-state index in [4.69, 9.17) is 0 Å². The van der Waals surface area contributed by atoms with E-state index in [1.165, 1.54) is 30.5 Å². The minimum atomic E-state index is 0.374. The van der Waals surface area contributed by atoms with Gasteiger partial charge < -0.3 is 9.80 Å². The number of fused-ring (bicyclic) bond motifs is 1. The lowest BCUT2D eigenvalue weighted by atomic mass is 9.91. The highest BCUT2D eigenvalue weighted by Crippen LogP contribution is 2.32. The highest BCUT2D eigenvalue weighted by atomic mass is 15.2. The van der Waals surface area contributed by atoms with Crippen LogP contribution in [0.5, 0.6) is 0 Å². The summed E-state index contributed by atoms with van der Waals surface area (Å²) < 4.78 is 0. The molecule has 1 atom stereocenters. The van der Waals surface area contributed by atoms with Gasteiger partial charge in [-0.05, 0) is 64.9 Å². The molecule has 3 heterocycles. The quantitative estimate of drug-likeness (QED) is 0.795. The molecule has 1 aliphatic carbocycles. The van der Waals surface area contributed by atoms with E-state index in [1.807, 2.05) is 6.20 Å². The van der Waals surface area contributed by atoms with Crippen LogP contribution in [-0.2, 0) is 13.0 Å². The Labute approximate surface area is 168 Å². The van der Waals surface area contributed by atoms with Crippen LogP contribution in [0.2, 0.25) is 0 Å². The predicted molar refractivity (Wildman–Crippen MR) is 112 cm³/mol. The van der Waals surface area contributed by atoms with Crippen molar-refractivity contribution in [2.24, 2.45) is 0 Å². The first-order valence-corrected chi connectivity index (χ1v) is 10.5. The molecule has 2 aliphatic rings. The second-order valence-corrected chi connectivity index (χ2v) is 8.42. The van der Waals surface area contributed by atoms with Crippen LogP contribution < -0.4 is 4.90 Å². The molecular weight excluding hydrogens is 348 g/mol. The van der Waals surface area contributed by atoms with Crippen LogP contribution in [0.25, 0.3) is 0 Å². The summed E-state index contributed by atoms with van der Waals surface area (Å²) in [6.07, 6.45) is 9.57. The molecule has 6 heteroatoms. The topological polar surface area (TPSA) is 48.4 Å². The van der Waals surface area contributed by atoms with Gasteiger partial charge in [0.1, 0.15) is 12.1 Å². The highest BCUT2D eigenvalue weighted by molar-refractivity contribution is 5.39. The molecule has 1 unspecified atom stereocenters. The summed E-state index contributed by atoms with van der Waals surface area (Å²) in [7, 11) is 6.55. The number of aromatic nitrogens is 3. The van der Waals surface area contributed by atoms with Gasteiger partial charge in [-0.1, -0.05) is 6.07 Å². The zero-order valence-electron chi connectivity index (χ0n) is 17.4. The Bertz CT molecular complexity index is 784. The van der Waals surface area contributed by atoms with Gasteiger partial charge in [0, 0.05) is 37.9 Å². The third-order valence-corrected chi connectivity index (χ3v) is 6.34. The van der Waals surface area contributed by atoms with Gasteiger partial charge in [0.05, 0.1) is 17.4 Å². The molecule has 0 spiro atoms. The molecule has 0 amide bonds. The normalized spacial score (nSPS) is 20.6. The summed E-state index contributed by atoms with van der Waals surface area (Å²) in [6.45, 7) is 2.95. The zero-order chi connectivity index (χ0) is 19.5. The van der Waals surface area contributed by atoms with E-state index in [1.54, 1.807) is 6.33 Å². The van der Waals surface area contributed by atoms with E-state index in [0.717, 1.165) is 44.0 Å². The van der Waals surface area contributed by atoms with Crippen molar-refractivity contribution in [3.8, 4) is 0 Å². The van der Waals surface area contributed by atoms with Gasteiger partial charge >= 0.3 is 0 Å². The van der Waals surface area contributed by atoms with Gasteiger partial charge in [-0.15, -0.1) is 0 Å². The van der Waals surface area contributed by atoms with E-state index in [-0.39, 0.29) is 0 Å². The van der Waals surface area contributed by atoms with Crippen molar-refractivity contribution in [1.29, 1.82) is 0 Å². The second kappa shape index (κ2) is 8.53. The Morgan fingerprint density at radius 3 is 2.68 bits per heavy atom. The molecule has 0 radical (unpaired) electrons. The van der Waals surface area contributed by atoms with Crippen molar-refractivity contribution in [3.63, 3.8) is 0 Å². The number of piperidine rings is 1. The number of pyridine rings is 1. The summed E-state index contributed by atoms with van der Waals surface area (Å²) in [6, 6.07) is 7.51. The average Bonchev–Trinajstić information content (AvgIpc) is 2.73. The van der Waals surface area contributed by atoms with Crippen molar-refractivity contribution in [2.45, 2.75) is 50.7 Å². The number of rotatable bonds is 5. The van der Waals surface area contributed by atoms with Crippen molar-refractivity contribution in [3.05, 3.63) is 47.7 Å². The van der Waals surface area contributed by atoms with Gasteiger partial charge in [0.2, 0.25) is 0 Å². The van der Waals surface area contributed by atoms with E-state index in [2.05, 4.69) is 69.0 Å². The monoisotopic (exact) mass is 380 g/mol. The first kappa shape index (κ1) is 19.3. The maximum Gasteiger partial charge on any atom is 0.132 e. The molecule has 0 bridgehead atoms. The summed E-state index contributed by atoms with van der Waals surface area (Å²) >= 11 is 0. The van der Waals surface area contributed by atoms with Gasteiger partial charge in [0.25, 0.3) is 0 Å². The summed E-state index contributed by atoms with van der Waals surface area (Å²) in [5, 5.41) is 0. The third kappa shape index (κ3) is 4.18. The SMILES string of the molecule is CN(C)C1CCN(c2cc(CN(C)C3CCCc4cccnc43)ncn2)CC1. The number of hydrogen-bond donors (Lipinski definition) is 0. The van der Waals surface area contributed by atoms with Gasteiger partial charge in [-0.2, -0.15) is 0 Å². The molecule has 6 nitrogen and oxygen atoms in total. The largest absolute Gasteiger partial charge is 0.356 e. The number of nitrogens with zero attached hydrogens (tertiary/aromatic N) is 6. The second-order valence-electron chi connectivity index (χ2n) is 8.42. The minimum absolute atomic E-state index is 0.374. The van der Waals surface area contributed by atoms with Crippen LogP contribution in [0.15, 0.2) is 30.7 Å². The number of anilines is 1. The number of aryl methyl sites for hydroxylation is 1. The summed E-state index contributed by atoms with van der Waals surface area (Å²) in [5.41, 5.74) is 3.74. The molecular formula is C22H32N6. The molecule has 150 valence electrons. The molecule has 2 aromatic rings. The fourth-order valence-electron chi connectivity index (χ4n) is 4.64. The van der Waals surface area contributed by atoms with Crippen LogP contribution in [0.3, 0.4) is 0 Å². The fraction of sp³-hybridized carbons (Fsp3) is 0.591. The van der Waals surface area contributed by atoms with Crippen molar-refractivity contribution >= 4 is 5.82 Å². The molecule has 0 saturated carbocycles. The molecule has 1 aliphatic heterocycles. The van der Waals surface area contributed by atoms with Crippen molar-refractivity contribution < 1.29 is 0 Å². The van der Waals surface area contributed by atoms with Crippen LogP contribution in [0, 0.1) is 0 Å². The van der Waals surface area contributed by atoms with Crippen LogP contribution >= 0.6 is 0 Å². The van der Waals surface area contributed by atoms with Gasteiger partial charge in [-0.25, -0.2) is 9.97 Å². The summed E-state index contributed by atoms with van der Waals surface area (Å²) in [4.78, 5) is 21.0. The Morgan fingerprint density at radius 2 is 1.89 bits per heavy atom. The minimum Gasteiger partial charge on any atom is -0.356 e. The number of hydrogen-bond acceptors (Lipinski definition) is 6. The first-order chi connectivity index (χ1) is 13.6. The van der Waals surface area contributed by atoms with E-state index in [0.29, 0.717) is 12.1 Å². The molecule has 0 N–H and O–H groups in total.